The molecule has 1 aliphatic heterocycles. The van der Waals surface area contributed by atoms with Gasteiger partial charge >= 0.3 is 7.12 Å². The maximum atomic E-state index is 5.96. The van der Waals surface area contributed by atoms with E-state index in [0.29, 0.717) is 16.6 Å². The molecule has 0 radical (unpaired) electrons. The van der Waals surface area contributed by atoms with Crippen molar-refractivity contribution in [3.63, 3.8) is 0 Å². The fourth-order valence-corrected chi connectivity index (χ4v) is 2.09. The molecule has 0 aliphatic carbocycles. The minimum absolute atomic E-state index is 0.352. The maximum Gasteiger partial charge on any atom is 0.516 e. The van der Waals surface area contributed by atoms with Gasteiger partial charge in [0, 0.05) is 6.20 Å². The van der Waals surface area contributed by atoms with Crippen LogP contribution >= 0.6 is 11.6 Å². The fourth-order valence-electron chi connectivity index (χ4n) is 1.99. The molecule has 1 aliphatic rings. The lowest BCUT2D eigenvalue weighted by atomic mass is 9.86. The highest BCUT2D eigenvalue weighted by Crippen LogP contribution is 2.36. The monoisotopic (exact) mass is 306 g/mol. The summed E-state index contributed by atoms with van der Waals surface area (Å²) in [6.45, 7) is 8.03. The van der Waals surface area contributed by atoms with Crippen molar-refractivity contribution in [1.82, 2.24) is 19.5 Å². The average Bonchev–Trinajstić information content (AvgIpc) is 2.94. The van der Waals surface area contributed by atoms with Crippen LogP contribution in [0.1, 0.15) is 27.7 Å². The molecule has 0 aromatic carbocycles. The lowest BCUT2D eigenvalue weighted by Gasteiger charge is -2.32. The molecule has 0 spiro atoms. The fraction of sp³-hybridized carbons (Fsp3) is 0.462. The third-order valence-electron chi connectivity index (χ3n) is 3.97. The van der Waals surface area contributed by atoms with E-state index in [1.165, 1.54) is 6.20 Å². The third-order valence-corrected chi connectivity index (χ3v) is 4.16. The number of hydrogen-bond acceptors (Lipinski definition) is 5. The smallest absolute Gasteiger partial charge is 0.398 e. The number of nitrogens with zero attached hydrogens (tertiary/aromatic N) is 4. The highest BCUT2D eigenvalue weighted by atomic mass is 35.5. The molecule has 1 fully saturated rings. The van der Waals surface area contributed by atoms with Crippen molar-refractivity contribution in [1.29, 1.82) is 0 Å². The zero-order valence-electron chi connectivity index (χ0n) is 12.4. The molecule has 0 unspecified atom stereocenters. The minimum atomic E-state index is -0.489. The number of halogens is 1. The largest absolute Gasteiger partial charge is 0.516 e. The number of imidazole rings is 1. The van der Waals surface area contributed by atoms with Gasteiger partial charge in [0.05, 0.1) is 35.5 Å². The molecular formula is C13H16BClN4O2. The van der Waals surface area contributed by atoms with Crippen LogP contribution in [0.3, 0.4) is 0 Å². The second kappa shape index (κ2) is 4.79. The van der Waals surface area contributed by atoms with Gasteiger partial charge in [-0.25, -0.2) is 15.0 Å². The van der Waals surface area contributed by atoms with E-state index < -0.39 is 7.12 Å². The zero-order chi connectivity index (χ0) is 15.3. The molecule has 2 aromatic rings. The second-order valence-electron chi connectivity index (χ2n) is 5.99. The van der Waals surface area contributed by atoms with E-state index in [9.17, 15) is 0 Å². The van der Waals surface area contributed by atoms with Crippen LogP contribution in [0.5, 0.6) is 0 Å². The summed E-state index contributed by atoms with van der Waals surface area (Å²) in [6.07, 6.45) is 6.54. The van der Waals surface area contributed by atoms with E-state index in [2.05, 4.69) is 15.0 Å². The molecule has 6 nitrogen and oxygen atoms in total. The van der Waals surface area contributed by atoms with Crippen molar-refractivity contribution in [2.45, 2.75) is 38.9 Å². The van der Waals surface area contributed by atoms with E-state index >= 15 is 0 Å². The maximum absolute atomic E-state index is 5.96. The number of hydrogen-bond donors (Lipinski definition) is 0. The lowest BCUT2D eigenvalue weighted by molar-refractivity contribution is 0.00578. The van der Waals surface area contributed by atoms with Crippen molar-refractivity contribution in [2.75, 3.05) is 0 Å². The summed E-state index contributed by atoms with van der Waals surface area (Å²) >= 11 is 5.73. The zero-order valence-corrected chi connectivity index (χ0v) is 13.1. The predicted molar refractivity (Wildman–Crippen MR) is 79.9 cm³/mol. The van der Waals surface area contributed by atoms with Crippen LogP contribution in [0.2, 0.25) is 5.15 Å². The van der Waals surface area contributed by atoms with E-state index in [1.54, 1.807) is 17.1 Å². The summed E-state index contributed by atoms with van der Waals surface area (Å²) in [5.74, 6) is 0.634. The normalized spacial score (nSPS) is 20.0. The van der Waals surface area contributed by atoms with Crippen LogP contribution in [-0.4, -0.2) is 37.8 Å². The Morgan fingerprint density at radius 1 is 1.05 bits per heavy atom. The van der Waals surface area contributed by atoms with Crippen LogP contribution in [0.15, 0.2) is 24.9 Å². The second-order valence-corrected chi connectivity index (χ2v) is 6.38. The average molecular weight is 307 g/mol. The number of aromatic nitrogens is 4. The van der Waals surface area contributed by atoms with Gasteiger partial charge in [-0.3, -0.25) is 4.57 Å². The Morgan fingerprint density at radius 3 is 2.29 bits per heavy atom. The summed E-state index contributed by atoms with van der Waals surface area (Å²) in [5.41, 5.74) is -0.0753. The first kappa shape index (κ1) is 14.5. The molecule has 8 heteroatoms. The first-order valence-electron chi connectivity index (χ1n) is 6.66. The molecule has 0 bridgehead atoms. The van der Waals surface area contributed by atoms with E-state index in [0.717, 1.165) is 0 Å². The van der Waals surface area contributed by atoms with Crippen molar-refractivity contribution in [3.05, 3.63) is 30.1 Å². The van der Waals surface area contributed by atoms with Gasteiger partial charge in [0.1, 0.15) is 5.15 Å². The summed E-state index contributed by atoms with van der Waals surface area (Å²) in [5, 5.41) is 0.352. The SMILES string of the molecule is CC1(C)OB(c2cn(-c3cnc(Cl)cn3)cn2)OC1(C)C. The Balaban J connectivity index is 1.85. The highest BCUT2D eigenvalue weighted by Gasteiger charge is 2.52. The summed E-state index contributed by atoms with van der Waals surface area (Å²) < 4.78 is 13.7. The molecule has 3 rings (SSSR count). The van der Waals surface area contributed by atoms with Crippen LogP contribution in [0, 0.1) is 0 Å². The topological polar surface area (TPSA) is 62.1 Å². The van der Waals surface area contributed by atoms with Crippen LogP contribution in [-0.2, 0) is 9.31 Å². The van der Waals surface area contributed by atoms with Crippen molar-refractivity contribution < 1.29 is 9.31 Å². The van der Waals surface area contributed by atoms with Crippen LogP contribution in [0.4, 0.5) is 0 Å². The quantitative estimate of drug-likeness (QED) is 0.789. The molecule has 110 valence electrons. The van der Waals surface area contributed by atoms with Crippen molar-refractivity contribution in [2.24, 2.45) is 0 Å². The standard InChI is InChI=1S/C13H16BClN4O2/c1-12(2)13(3,4)21-14(20-12)9-7-19(8-18-9)11-6-16-10(15)5-17-11/h5-8H,1-4H3. The summed E-state index contributed by atoms with van der Waals surface area (Å²) in [6, 6.07) is 0. The van der Waals surface area contributed by atoms with Crippen molar-refractivity contribution in [3.8, 4) is 5.82 Å². The minimum Gasteiger partial charge on any atom is -0.398 e. The predicted octanol–water partition coefficient (Wildman–Crippen LogP) is 1.61. The van der Waals surface area contributed by atoms with E-state index in [-0.39, 0.29) is 11.2 Å². The van der Waals surface area contributed by atoms with Gasteiger partial charge < -0.3 is 9.31 Å². The highest BCUT2D eigenvalue weighted by molar-refractivity contribution is 6.61. The van der Waals surface area contributed by atoms with Gasteiger partial charge in [0.2, 0.25) is 0 Å². The lowest BCUT2D eigenvalue weighted by Crippen LogP contribution is -2.41. The van der Waals surface area contributed by atoms with Gasteiger partial charge in [-0.1, -0.05) is 11.6 Å². The first-order chi connectivity index (χ1) is 9.78. The molecule has 0 N–H and O–H groups in total. The van der Waals surface area contributed by atoms with E-state index in [1.807, 2.05) is 33.9 Å². The van der Waals surface area contributed by atoms with Gasteiger partial charge in [0.25, 0.3) is 0 Å². The van der Waals surface area contributed by atoms with Gasteiger partial charge in [-0.15, -0.1) is 0 Å². The molecule has 1 saturated heterocycles. The Labute approximate surface area is 128 Å². The Kier molecular flexibility index (Phi) is 3.31. The number of rotatable bonds is 2. The van der Waals surface area contributed by atoms with Crippen molar-refractivity contribution >= 4 is 24.3 Å². The summed E-state index contributed by atoms with van der Waals surface area (Å²) in [7, 11) is -0.489. The Hall–Kier alpha value is -1.44. The van der Waals surface area contributed by atoms with Gasteiger partial charge in [-0.2, -0.15) is 0 Å². The summed E-state index contributed by atoms with van der Waals surface area (Å²) in [4.78, 5) is 12.5. The van der Waals surface area contributed by atoms with Crippen LogP contribution in [0.25, 0.3) is 5.82 Å². The molecule has 0 amide bonds. The Morgan fingerprint density at radius 2 is 1.71 bits per heavy atom. The molecule has 2 aromatic heterocycles. The molecule has 3 heterocycles. The van der Waals surface area contributed by atoms with Crippen LogP contribution < -0.4 is 5.59 Å². The van der Waals surface area contributed by atoms with Gasteiger partial charge in [-0.05, 0) is 27.7 Å². The van der Waals surface area contributed by atoms with Gasteiger partial charge in [0.15, 0.2) is 5.82 Å². The van der Waals surface area contributed by atoms with E-state index in [4.69, 9.17) is 20.9 Å². The molecule has 21 heavy (non-hydrogen) atoms. The molecule has 0 saturated carbocycles. The Bertz CT molecular complexity index is 640. The molecule has 0 atom stereocenters. The first-order valence-corrected chi connectivity index (χ1v) is 7.04. The molecular weight excluding hydrogens is 290 g/mol. The third kappa shape index (κ3) is 2.56.